The van der Waals surface area contributed by atoms with Crippen LogP contribution >= 0.6 is 27.3 Å². The summed E-state index contributed by atoms with van der Waals surface area (Å²) in [4.78, 5) is 1.44. The summed E-state index contributed by atoms with van der Waals surface area (Å²) in [5, 5.41) is 3.50. The van der Waals surface area contributed by atoms with Gasteiger partial charge in [-0.3, -0.25) is 0 Å². The van der Waals surface area contributed by atoms with E-state index in [1.807, 2.05) is 11.3 Å². The molecule has 1 N–H and O–H groups in total. The van der Waals surface area contributed by atoms with Gasteiger partial charge in [0, 0.05) is 11.4 Å². The summed E-state index contributed by atoms with van der Waals surface area (Å²) in [5.74, 6) is 1.04. The fourth-order valence-electron chi connectivity index (χ4n) is 1.53. The van der Waals surface area contributed by atoms with Crippen LogP contribution in [0.25, 0.3) is 0 Å². The van der Waals surface area contributed by atoms with E-state index in [2.05, 4.69) is 34.2 Å². The molecule has 0 aliphatic heterocycles. The molecule has 0 amide bonds. The van der Waals surface area contributed by atoms with Gasteiger partial charge in [-0.15, -0.1) is 11.3 Å². The number of hydrogen-bond donors (Lipinski definition) is 1. The Bertz CT molecular complexity index is 285. The molecule has 0 spiro atoms. The van der Waals surface area contributed by atoms with Crippen molar-refractivity contribution in [2.75, 3.05) is 6.54 Å². The molecular weight excluding hydrogens is 258 g/mol. The van der Waals surface area contributed by atoms with E-state index in [1.165, 1.54) is 40.0 Å². The van der Waals surface area contributed by atoms with Crippen LogP contribution < -0.4 is 5.32 Å². The fourth-order valence-corrected chi connectivity index (χ4v) is 3.13. The molecule has 1 aromatic rings. The zero-order valence-corrected chi connectivity index (χ0v) is 10.9. The molecule has 1 nitrogen and oxygen atoms in total. The first-order valence-electron chi connectivity index (χ1n) is 5.21. The largest absolute Gasteiger partial charge is 0.312 e. The third-order valence-corrected chi connectivity index (χ3v) is 4.77. The van der Waals surface area contributed by atoms with Crippen LogP contribution in [0.1, 0.15) is 29.7 Å². The topological polar surface area (TPSA) is 12.0 Å². The van der Waals surface area contributed by atoms with Gasteiger partial charge in [-0.25, -0.2) is 0 Å². The molecule has 0 saturated heterocycles. The van der Waals surface area contributed by atoms with Crippen LogP contribution in [0.5, 0.6) is 0 Å². The normalized spacial score (nSPS) is 16.1. The maximum absolute atomic E-state index is 3.55. The second-order valence-corrected chi connectivity index (χ2v) is 6.53. The number of aryl methyl sites for hydroxylation is 1. The Balaban J connectivity index is 1.68. The minimum Gasteiger partial charge on any atom is -0.312 e. The second-order valence-electron chi connectivity index (χ2n) is 4.08. The zero-order valence-electron chi connectivity index (χ0n) is 8.48. The third kappa shape index (κ3) is 3.07. The van der Waals surface area contributed by atoms with E-state index in [0.717, 1.165) is 12.5 Å². The van der Waals surface area contributed by atoms with E-state index in [-0.39, 0.29) is 0 Å². The standard InChI is InChI=1S/C11H16BrNS/c1-8-6-10(14-11(8)12)7-13-5-4-9-2-3-9/h6,9,13H,2-5,7H2,1H3. The van der Waals surface area contributed by atoms with Gasteiger partial charge in [0.25, 0.3) is 0 Å². The van der Waals surface area contributed by atoms with Crippen molar-refractivity contribution in [3.8, 4) is 0 Å². The van der Waals surface area contributed by atoms with Gasteiger partial charge in [-0.2, -0.15) is 0 Å². The average molecular weight is 274 g/mol. The minimum atomic E-state index is 1.03. The fraction of sp³-hybridized carbons (Fsp3) is 0.636. The summed E-state index contributed by atoms with van der Waals surface area (Å²) in [6, 6.07) is 2.26. The van der Waals surface area contributed by atoms with Crippen molar-refractivity contribution in [3.63, 3.8) is 0 Å². The van der Waals surface area contributed by atoms with Crippen LogP contribution in [0, 0.1) is 12.8 Å². The summed E-state index contributed by atoms with van der Waals surface area (Å²) in [6.07, 6.45) is 4.29. The molecule has 78 valence electrons. The Morgan fingerprint density at radius 3 is 2.93 bits per heavy atom. The average Bonchev–Trinajstić information content (AvgIpc) is 2.90. The molecule has 1 heterocycles. The van der Waals surface area contributed by atoms with Crippen LogP contribution in [0.4, 0.5) is 0 Å². The van der Waals surface area contributed by atoms with Crippen molar-refractivity contribution in [3.05, 3.63) is 20.3 Å². The first kappa shape index (κ1) is 10.7. The first-order valence-corrected chi connectivity index (χ1v) is 6.82. The molecule has 1 aromatic heterocycles. The van der Waals surface area contributed by atoms with Gasteiger partial charge in [0.2, 0.25) is 0 Å². The molecule has 0 radical (unpaired) electrons. The van der Waals surface area contributed by atoms with Crippen molar-refractivity contribution < 1.29 is 0 Å². The molecule has 0 bridgehead atoms. The number of halogens is 1. The highest BCUT2D eigenvalue weighted by Crippen LogP contribution is 2.32. The van der Waals surface area contributed by atoms with Gasteiger partial charge < -0.3 is 5.32 Å². The van der Waals surface area contributed by atoms with Gasteiger partial charge in [-0.1, -0.05) is 12.8 Å². The third-order valence-electron chi connectivity index (χ3n) is 2.63. The van der Waals surface area contributed by atoms with Crippen molar-refractivity contribution in [2.24, 2.45) is 5.92 Å². The minimum absolute atomic E-state index is 1.03. The van der Waals surface area contributed by atoms with Crippen LogP contribution in [-0.2, 0) is 6.54 Å². The van der Waals surface area contributed by atoms with Crippen LogP contribution in [-0.4, -0.2) is 6.54 Å². The van der Waals surface area contributed by atoms with Gasteiger partial charge >= 0.3 is 0 Å². The molecule has 1 fully saturated rings. The molecule has 0 aromatic carbocycles. The summed E-state index contributed by atoms with van der Waals surface area (Å²) in [6.45, 7) is 4.36. The monoisotopic (exact) mass is 273 g/mol. The Morgan fingerprint density at radius 2 is 2.36 bits per heavy atom. The van der Waals surface area contributed by atoms with Crippen molar-refractivity contribution in [2.45, 2.75) is 32.7 Å². The van der Waals surface area contributed by atoms with E-state index in [0.29, 0.717) is 0 Å². The van der Waals surface area contributed by atoms with Gasteiger partial charge in [0.15, 0.2) is 0 Å². The van der Waals surface area contributed by atoms with E-state index < -0.39 is 0 Å². The Labute approximate surface area is 98.0 Å². The summed E-state index contributed by atoms with van der Waals surface area (Å²) in [7, 11) is 0. The molecule has 3 heteroatoms. The highest BCUT2D eigenvalue weighted by Gasteiger charge is 2.19. The summed E-state index contributed by atoms with van der Waals surface area (Å²) < 4.78 is 1.27. The Morgan fingerprint density at radius 1 is 1.57 bits per heavy atom. The lowest BCUT2D eigenvalue weighted by Gasteiger charge is -2.00. The highest BCUT2D eigenvalue weighted by atomic mass is 79.9. The Hall–Kier alpha value is 0.140. The van der Waals surface area contributed by atoms with Crippen molar-refractivity contribution in [1.82, 2.24) is 5.32 Å². The smallest absolute Gasteiger partial charge is 0.0730 e. The maximum atomic E-state index is 3.55. The van der Waals surface area contributed by atoms with Gasteiger partial charge in [0.1, 0.15) is 0 Å². The summed E-state index contributed by atoms with van der Waals surface area (Å²) >= 11 is 5.39. The SMILES string of the molecule is Cc1cc(CNCCC2CC2)sc1Br. The number of rotatable bonds is 5. The molecule has 1 aliphatic carbocycles. The lowest BCUT2D eigenvalue weighted by molar-refractivity contribution is 0.616. The molecule has 0 atom stereocenters. The van der Waals surface area contributed by atoms with E-state index in [9.17, 15) is 0 Å². The van der Waals surface area contributed by atoms with Crippen LogP contribution in [0.2, 0.25) is 0 Å². The molecule has 1 aliphatic rings. The molecule has 14 heavy (non-hydrogen) atoms. The van der Waals surface area contributed by atoms with Crippen LogP contribution in [0.15, 0.2) is 9.85 Å². The second kappa shape index (κ2) is 4.77. The lowest BCUT2D eigenvalue weighted by atomic mass is 10.3. The Kier molecular flexibility index (Phi) is 3.63. The number of nitrogens with one attached hydrogen (secondary N) is 1. The molecule has 2 rings (SSSR count). The lowest BCUT2D eigenvalue weighted by Crippen LogP contribution is -2.14. The quantitative estimate of drug-likeness (QED) is 0.807. The van der Waals surface area contributed by atoms with E-state index in [1.54, 1.807) is 0 Å². The molecular formula is C11H16BrNS. The number of thiophene rings is 1. The highest BCUT2D eigenvalue weighted by molar-refractivity contribution is 9.11. The van der Waals surface area contributed by atoms with Crippen molar-refractivity contribution in [1.29, 1.82) is 0 Å². The number of hydrogen-bond acceptors (Lipinski definition) is 2. The van der Waals surface area contributed by atoms with Crippen molar-refractivity contribution >= 4 is 27.3 Å². The van der Waals surface area contributed by atoms with E-state index in [4.69, 9.17) is 0 Å². The van der Waals surface area contributed by atoms with Crippen LogP contribution in [0.3, 0.4) is 0 Å². The molecule has 1 saturated carbocycles. The summed E-state index contributed by atoms with van der Waals surface area (Å²) in [5.41, 5.74) is 1.36. The zero-order chi connectivity index (χ0) is 9.97. The molecule has 0 unspecified atom stereocenters. The first-order chi connectivity index (χ1) is 6.75. The predicted octanol–water partition coefficient (Wildman–Crippen LogP) is 3.71. The van der Waals surface area contributed by atoms with E-state index >= 15 is 0 Å². The predicted molar refractivity (Wildman–Crippen MR) is 65.8 cm³/mol. The maximum Gasteiger partial charge on any atom is 0.0730 e. The van der Waals surface area contributed by atoms with Gasteiger partial charge in [-0.05, 0) is 53.4 Å². The van der Waals surface area contributed by atoms with Gasteiger partial charge in [0.05, 0.1) is 3.79 Å².